The highest BCUT2D eigenvalue weighted by atomic mass is 32.2. The van der Waals surface area contributed by atoms with Crippen LogP contribution in [-0.2, 0) is 11.2 Å². The van der Waals surface area contributed by atoms with Crippen molar-refractivity contribution in [2.24, 2.45) is 5.92 Å². The van der Waals surface area contributed by atoms with Crippen LogP contribution in [0.5, 0.6) is 0 Å². The fourth-order valence-corrected chi connectivity index (χ4v) is 4.45. The molecule has 1 fully saturated rings. The minimum absolute atomic E-state index is 0.105. The maximum atomic E-state index is 12.6. The van der Waals surface area contributed by atoms with Gasteiger partial charge in [0.2, 0.25) is 5.91 Å². The molecule has 3 nitrogen and oxygen atoms in total. The summed E-state index contributed by atoms with van der Waals surface area (Å²) in [6, 6.07) is 8.40. The van der Waals surface area contributed by atoms with E-state index in [-0.39, 0.29) is 5.25 Å². The molecule has 0 saturated carbocycles. The second-order valence-electron chi connectivity index (χ2n) is 5.74. The lowest BCUT2D eigenvalue weighted by Crippen LogP contribution is -2.44. The second kappa shape index (κ2) is 6.19. The quantitative estimate of drug-likeness (QED) is 0.926. The largest absolute Gasteiger partial charge is 0.342 e. The maximum absolute atomic E-state index is 12.6. The van der Waals surface area contributed by atoms with Gasteiger partial charge in [-0.05, 0) is 50.4 Å². The predicted octanol–water partition coefficient (Wildman–Crippen LogP) is 2.16. The molecule has 4 heteroatoms. The van der Waals surface area contributed by atoms with Gasteiger partial charge in [-0.25, -0.2) is 0 Å². The van der Waals surface area contributed by atoms with Crippen LogP contribution in [0.25, 0.3) is 0 Å². The van der Waals surface area contributed by atoms with Gasteiger partial charge in [-0.15, -0.1) is 11.8 Å². The van der Waals surface area contributed by atoms with E-state index in [1.165, 1.54) is 10.5 Å². The lowest BCUT2D eigenvalue weighted by molar-refractivity contribution is -0.131. The fraction of sp³-hybridized carbons (Fsp3) is 0.562. The Morgan fingerprint density at radius 1 is 1.35 bits per heavy atom. The Kier molecular flexibility index (Phi) is 4.32. The number of rotatable bonds is 3. The van der Waals surface area contributed by atoms with Gasteiger partial charge in [0.1, 0.15) is 0 Å². The molecule has 3 rings (SSSR count). The van der Waals surface area contributed by atoms with Crippen molar-refractivity contribution in [3.05, 3.63) is 29.8 Å². The number of hydrogen-bond donors (Lipinski definition) is 1. The molecule has 0 bridgehead atoms. The first kappa shape index (κ1) is 14.0. The van der Waals surface area contributed by atoms with Crippen molar-refractivity contribution in [1.29, 1.82) is 0 Å². The van der Waals surface area contributed by atoms with E-state index in [0.29, 0.717) is 5.91 Å². The lowest BCUT2D eigenvalue weighted by atomic mass is 9.96. The molecule has 1 amide bonds. The topological polar surface area (TPSA) is 32.3 Å². The zero-order valence-corrected chi connectivity index (χ0v) is 12.8. The number of nitrogens with one attached hydrogen (secondary N) is 1. The van der Waals surface area contributed by atoms with Crippen LogP contribution < -0.4 is 5.32 Å². The number of nitrogens with zero attached hydrogens (tertiary/aromatic N) is 1. The van der Waals surface area contributed by atoms with E-state index >= 15 is 0 Å². The number of amides is 1. The van der Waals surface area contributed by atoms with Crippen molar-refractivity contribution in [1.82, 2.24) is 10.2 Å². The maximum Gasteiger partial charge on any atom is 0.236 e. The Hall–Kier alpha value is -1.00. The zero-order valence-electron chi connectivity index (χ0n) is 12.0. The normalized spacial score (nSPS) is 22.9. The van der Waals surface area contributed by atoms with Gasteiger partial charge in [0.05, 0.1) is 5.25 Å². The molecule has 108 valence electrons. The van der Waals surface area contributed by atoms with E-state index in [1.807, 2.05) is 7.05 Å². The summed E-state index contributed by atoms with van der Waals surface area (Å²) in [6.45, 7) is 2.93. The van der Waals surface area contributed by atoms with Gasteiger partial charge >= 0.3 is 0 Å². The second-order valence-corrected chi connectivity index (χ2v) is 6.99. The van der Waals surface area contributed by atoms with Gasteiger partial charge in [-0.1, -0.05) is 18.2 Å². The van der Waals surface area contributed by atoms with E-state index < -0.39 is 0 Å². The number of piperidine rings is 1. The monoisotopic (exact) mass is 290 g/mol. The van der Waals surface area contributed by atoms with Gasteiger partial charge in [0.15, 0.2) is 0 Å². The molecule has 2 heterocycles. The average molecular weight is 290 g/mol. The molecule has 0 aliphatic carbocycles. The Balaban J connectivity index is 1.56. The van der Waals surface area contributed by atoms with Crippen molar-refractivity contribution in [3.63, 3.8) is 0 Å². The summed E-state index contributed by atoms with van der Waals surface area (Å²) >= 11 is 1.75. The zero-order chi connectivity index (χ0) is 13.9. The van der Waals surface area contributed by atoms with Crippen LogP contribution in [0.4, 0.5) is 0 Å². The molecule has 20 heavy (non-hydrogen) atoms. The third kappa shape index (κ3) is 2.86. The van der Waals surface area contributed by atoms with Crippen LogP contribution in [0.2, 0.25) is 0 Å². The summed E-state index contributed by atoms with van der Waals surface area (Å²) in [5.74, 6) is 1.08. The minimum atomic E-state index is 0.105. The van der Waals surface area contributed by atoms with Crippen LogP contribution in [0, 0.1) is 5.92 Å². The Bertz CT molecular complexity index is 458. The van der Waals surface area contributed by atoms with E-state index in [2.05, 4.69) is 34.5 Å². The molecular weight excluding hydrogens is 268 g/mol. The summed E-state index contributed by atoms with van der Waals surface area (Å²) < 4.78 is 0. The van der Waals surface area contributed by atoms with Crippen LogP contribution in [0.1, 0.15) is 18.4 Å². The van der Waals surface area contributed by atoms with Crippen LogP contribution in [-0.4, -0.2) is 42.7 Å². The molecule has 1 N–H and O–H groups in total. The summed E-state index contributed by atoms with van der Waals surface area (Å²) in [5.41, 5.74) is 1.33. The van der Waals surface area contributed by atoms with Gasteiger partial charge in [-0.3, -0.25) is 4.79 Å². The first-order valence-corrected chi connectivity index (χ1v) is 8.34. The minimum Gasteiger partial charge on any atom is -0.342 e. The van der Waals surface area contributed by atoms with Crippen molar-refractivity contribution in [3.8, 4) is 0 Å². The molecule has 1 aromatic rings. The summed E-state index contributed by atoms with van der Waals surface area (Å²) in [4.78, 5) is 16.0. The molecule has 1 aromatic carbocycles. The number of hydrogen-bond acceptors (Lipinski definition) is 3. The number of fused-ring (bicyclic) bond motifs is 1. The van der Waals surface area contributed by atoms with Gasteiger partial charge in [0.25, 0.3) is 0 Å². The van der Waals surface area contributed by atoms with Crippen LogP contribution in [0.3, 0.4) is 0 Å². The Morgan fingerprint density at radius 2 is 2.10 bits per heavy atom. The Morgan fingerprint density at radius 3 is 2.80 bits per heavy atom. The fourth-order valence-electron chi connectivity index (χ4n) is 3.17. The molecule has 2 aliphatic heterocycles. The van der Waals surface area contributed by atoms with Gasteiger partial charge in [-0.2, -0.15) is 0 Å². The van der Waals surface area contributed by atoms with E-state index in [1.54, 1.807) is 11.8 Å². The molecule has 2 aliphatic rings. The van der Waals surface area contributed by atoms with Gasteiger partial charge < -0.3 is 10.2 Å². The molecule has 1 atom stereocenters. The molecule has 1 saturated heterocycles. The standard InChI is InChI=1S/C16H22N2OS/c1-17-11-12-6-8-18(9-7-12)16(19)15-10-13-4-2-3-5-14(13)20-15/h2-5,12,15,17H,6-11H2,1H3. The third-order valence-corrected chi connectivity index (χ3v) is 5.65. The van der Waals surface area contributed by atoms with Crippen molar-refractivity contribution < 1.29 is 4.79 Å². The molecule has 1 unspecified atom stereocenters. The van der Waals surface area contributed by atoms with E-state index in [9.17, 15) is 4.79 Å². The van der Waals surface area contributed by atoms with Gasteiger partial charge in [0, 0.05) is 18.0 Å². The molecular formula is C16H22N2OS. The number of benzene rings is 1. The number of carbonyl (C=O) groups excluding carboxylic acids is 1. The first-order valence-electron chi connectivity index (χ1n) is 7.46. The summed E-state index contributed by atoms with van der Waals surface area (Å²) in [7, 11) is 2.00. The highest BCUT2D eigenvalue weighted by Crippen LogP contribution is 2.38. The third-order valence-electron chi connectivity index (χ3n) is 4.34. The van der Waals surface area contributed by atoms with Crippen LogP contribution >= 0.6 is 11.8 Å². The highest BCUT2D eigenvalue weighted by Gasteiger charge is 2.32. The van der Waals surface area contributed by atoms with Crippen molar-refractivity contribution >= 4 is 17.7 Å². The number of thioether (sulfide) groups is 1. The molecule has 0 spiro atoms. The molecule has 0 aromatic heterocycles. The Labute approximate surface area is 125 Å². The lowest BCUT2D eigenvalue weighted by Gasteiger charge is -2.33. The number of likely N-dealkylation sites (tertiary alicyclic amines) is 1. The van der Waals surface area contributed by atoms with Crippen LogP contribution in [0.15, 0.2) is 29.2 Å². The predicted molar refractivity (Wildman–Crippen MR) is 83.0 cm³/mol. The smallest absolute Gasteiger partial charge is 0.236 e. The summed E-state index contributed by atoms with van der Waals surface area (Å²) in [5, 5.41) is 3.35. The highest BCUT2D eigenvalue weighted by molar-refractivity contribution is 8.01. The van der Waals surface area contributed by atoms with E-state index in [4.69, 9.17) is 0 Å². The average Bonchev–Trinajstić information content (AvgIpc) is 2.91. The SMILES string of the molecule is CNCC1CCN(C(=O)C2Cc3ccccc3S2)CC1. The van der Waals surface area contributed by atoms with E-state index in [0.717, 1.165) is 44.8 Å². The van der Waals surface area contributed by atoms with Crippen molar-refractivity contribution in [2.75, 3.05) is 26.7 Å². The van der Waals surface area contributed by atoms with Crippen molar-refractivity contribution in [2.45, 2.75) is 29.4 Å². The number of carbonyl (C=O) groups is 1. The molecule has 0 radical (unpaired) electrons. The summed E-state index contributed by atoms with van der Waals surface area (Å²) in [6.07, 6.45) is 3.17. The first-order chi connectivity index (χ1) is 9.78.